The van der Waals surface area contributed by atoms with Gasteiger partial charge >= 0.3 is 0 Å². The first-order chi connectivity index (χ1) is 15.5. The highest BCUT2D eigenvalue weighted by Gasteiger charge is 2.34. The normalized spacial score (nSPS) is 13.5. The zero-order valence-corrected chi connectivity index (χ0v) is 20.0. The molecule has 0 amide bonds. The van der Waals surface area contributed by atoms with Gasteiger partial charge in [0.25, 0.3) is 0 Å². The van der Waals surface area contributed by atoms with E-state index in [2.05, 4.69) is 30.3 Å². The van der Waals surface area contributed by atoms with Crippen molar-refractivity contribution < 1.29 is 17.2 Å². The first kappa shape index (κ1) is 23.3. The van der Waals surface area contributed by atoms with Crippen LogP contribution in [-0.2, 0) is 25.3 Å². The van der Waals surface area contributed by atoms with E-state index < -0.39 is 36.4 Å². The molecule has 0 saturated heterocycles. The quantitative estimate of drug-likeness (QED) is 0.205. The monoisotopic (exact) mass is 508 g/mol. The van der Waals surface area contributed by atoms with E-state index in [1.54, 1.807) is 26.0 Å². The molecule has 12 nitrogen and oxygen atoms in total. The topological polar surface area (TPSA) is 206 Å². The molecule has 0 saturated carbocycles. The molecule has 1 atom stereocenters. The minimum absolute atomic E-state index is 0.00585. The lowest BCUT2D eigenvalue weighted by Crippen LogP contribution is -2.48. The third kappa shape index (κ3) is 4.38. The molecule has 4 aromatic rings. The van der Waals surface area contributed by atoms with Gasteiger partial charge in [-0.1, -0.05) is 29.5 Å². The minimum atomic E-state index is -4.29. The highest BCUT2D eigenvalue weighted by Crippen LogP contribution is 2.41. The van der Waals surface area contributed by atoms with Gasteiger partial charge in [-0.05, 0) is 31.2 Å². The maximum atomic E-state index is 13.2. The van der Waals surface area contributed by atoms with Crippen molar-refractivity contribution in [3.8, 4) is 22.5 Å². The molecule has 15 heteroatoms. The van der Waals surface area contributed by atoms with Gasteiger partial charge < -0.3 is 16.0 Å². The zero-order valence-electron chi connectivity index (χ0n) is 17.4. The van der Waals surface area contributed by atoms with Crippen molar-refractivity contribution in [3.63, 3.8) is 0 Å². The van der Waals surface area contributed by atoms with Crippen molar-refractivity contribution in [2.45, 2.75) is 29.2 Å². The number of thiazole rings is 1. The van der Waals surface area contributed by atoms with Crippen molar-refractivity contribution in [1.82, 2.24) is 30.3 Å². The first-order valence-corrected chi connectivity index (χ1v) is 13.0. The van der Waals surface area contributed by atoms with Crippen LogP contribution in [0.5, 0.6) is 0 Å². The molecular weight excluding hydrogens is 488 g/mol. The lowest BCUT2D eigenvalue weighted by atomic mass is 9.98. The number of thiol groups is 1. The van der Waals surface area contributed by atoms with Crippen molar-refractivity contribution in [2.75, 3.05) is 12.3 Å². The molecule has 0 aliphatic heterocycles. The summed E-state index contributed by atoms with van der Waals surface area (Å²) in [6, 6.07) is 8.03. The van der Waals surface area contributed by atoms with E-state index in [0.29, 0.717) is 21.8 Å². The SMILES string of the molecule is CC(C)(CN)NS(=O)(=O)c1ccc(-c2cccc3sc(N)nc23)c(-c2nn[nH]n2)c1[SH+](=O)[O-]. The summed E-state index contributed by atoms with van der Waals surface area (Å²) < 4.78 is 54.6. The zero-order chi connectivity index (χ0) is 24.0. The Bertz CT molecular complexity index is 1470. The van der Waals surface area contributed by atoms with E-state index in [-0.39, 0.29) is 17.9 Å². The van der Waals surface area contributed by atoms with Crippen LogP contribution >= 0.6 is 11.3 Å². The van der Waals surface area contributed by atoms with Crippen LogP contribution in [0.3, 0.4) is 0 Å². The third-order valence-corrected chi connectivity index (χ3v) is 8.40. The van der Waals surface area contributed by atoms with Gasteiger partial charge in [0.1, 0.15) is 4.90 Å². The van der Waals surface area contributed by atoms with Crippen LogP contribution in [0.15, 0.2) is 40.1 Å². The second-order valence-electron chi connectivity index (χ2n) is 7.73. The summed E-state index contributed by atoms with van der Waals surface area (Å²) >= 11 is -2.14. The van der Waals surface area contributed by atoms with Crippen molar-refractivity contribution >= 4 is 47.8 Å². The van der Waals surface area contributed by atoms with Crippen LogP contribution in [0.2, 0.25) is 0 Å². The van der Waals surface area contributed by atoms with Gasteiger partial charge in [0.2, 0.25) is 15.8 Å². The van der Waals surface area contributed by atoms with Crippen LogP contribution in [0.4, 0.5) is 5.13 Å². The van der Waals surface area contributed by atoms with Crippen LogP contribution in [0.25, 0.3) is 32.7 Å². The Hall–Kier alpha value is -2.82. The van der Waals surface area contributed by atoms with Crippen LogP contribution in [0, 0.1) is 0 Å². The smallest absolute Gasteiger partial charge is 0.246 e. The Balaban J connectivity index is 2.07. The average Bonchev–Trinajstić information content (AvgIpc) is 3.40. The molecule has 2 aromatic carbocycles. The van der Waals surface area contributed by atoms with Crippen molar-refractivity contribution in [2.24, 2.45) is 5.73 Å². The van der Waals surface area contributed by atoms with E-state index >= 15 is 0 Å². The summed E-state index contributed by atoms with van der Waals surface area (Å²) in [7, 11) is -4.29. The minimum Gasteiger partial charge on any atom is -0.612 e. The number of aromatic nitrogens is 5. The summed E-state index contributed by atoms with van der Waals surface area (Å²) in [5.74, 6) is -0.0884. The molecular formula is C18H20N8O4S3. The van der Waals surface area contributed by atoms with Crippen molar-refractivity contribution in [1.29, 1.82) is 0 Å². The summed E-state index contributed by atoms with van der Waals surface area (Å²) in [5, 5.41) is 14.0. The average molecular weight is 509 g/mol. The van der Waals surface area contributed by atoms with Gasteiger partial charge in [-0.25, -0.2) is 18.1 Å². The summed E-state index contributed by atoms with van der Waals surface area (Å²) in [6.45, 7) is 3.17. The fourth-order valence-electron chi connectivity index (χ4n) is 3.33. The molecule has 33 heavy (non-hydrogen) atoms. The Morgan fingerprint density at radius 3 is 2.64 bits per heavy atom. The second-order valence-corrected chi connectivity index (χ2v) is 11.4. The second kappa shape index (κ2) is 8.51. The maximum Gasteiger partial charge on any atom is 0.246 e. The van der Waals surface area contributed by atoms with Crippen molar-refractivity contribution in [3.05, 3.63) is 30.3 Å². The lowest BCUT2D eigenvalue weighted by Gasteiger charge is -2.24. The van der Waals surface area contributed by atoms with Crippen LogP contribution in [0.1, 0.15) is 13.8 Å². The number of hydrogen-bond acceptors (Lipinski definition) is 11. The van der Waals surface area contributed by atoms with E-state index in [4.69, 9.17) is 11.5 Å². The fraction of sp³-hybridized carbons (Fsp3) is 0.222. The van der Waals surface area contributed by atoms with Gasteiger partial charge in [-0.3, -0.25) is 0 Å². The molecule has 0 spiro atoms. The summed E-state index contributed by atoms with van der Waals surface area (Å²) in [5.41, 5.74) is 11.9. The van der Waals surface area contributed by atoms with Crippen LogP contribution in [-0.4, -0.2) is 50.7 Å². The maximum absolute atomic E-state index is 13.2. The molecule has 2 heterocycles. The number of fused-ring (bicyclic) bond motifs is 1. The number of H-pyrrole nitrogens is 1. The molecule has 0 bridgehead atoms. The van der Waals surface area contributed by atoms with Crippen LogP contribution < -0.4 is 16.2 Å². The largest absolute Gasteiger partial charge is 0.612 e. The van der Waals surface area contributed by atoms with Gasteiger partial charge in [0.15, 0.2) is 10.0 Å². The molecule has 2 aromatic heterocycles. The number of nitrogens with one attached hydrogen (secondary N) is 2. The standard InChI is InChI=1S/C18H20N8O4S3/c1-18(2,8-19)24-33(29,30)12-7-6-9(10-4-3-5-11-14(10)21-17(20)31-11)13(15(12)32(27)28)16-22-25-26-23-16/h3-7,24,32H,8,19H2,1-2H3,(H3-,20,21,22,23,25,26,27,28). The molecule has 0 aliphatic carbocycles. The van der Waals surface area contributed by atoms with Gasteiger partial charge in [0.05, 0.1) is 26.9 Å². The number of sulfonamides is 1. The lowest BCUT2D eigenvalue weighted by molar-refractivity contribution is 0.460. The molecule has 0 radical (unpaired) electrons. The van der Waals surface area contributed by atoms with E-state index in [0.717, 1.165) is 4.70 Å². The number of aromatic amines is 1. The molecule has 4 rings (SSSR count). The number of nitrogens with two attached hydrogens (primary N) is 2. The predicted octanol–water partition coefficient (Wildman–Crippen LogP) is 0.927. The van der Waals surface area contributed by atoms with E-state index in [1.807, 2.05) is 6.07 Å². The van der Waals surface area contributed by atoms with Gasteiger partial charge in [-0.15, -0.1) is 14.4 Å². The van der Waals surface area contributed by atoms with Gasteiger partial charge in [-0.2, -0.15) is 5.21 Å². The number of nitrogens with zero attached hydrogens (tertiary/aromatic N) is 4. The first-order valence-electron chi connectivity index (χ1n) is 9.49. The molecule has 1 unspecified atom stereocenters. The summed E-state index contributed by atoms with van der Waals surface area (Å²) in [4.78, 5) is 3.44. The number of nitrogen functional groups attached to an aromatic ring is 1. The number of anilines is 1. The molecule has 0 fully saturated rings. The number of rotatable bonds is 7. The highest BCUT2D eigenvalue weighted by atomic mass is 32.2. The Labute approximate surface area is 195 Å². The van der Waals surface area contributed by atoms with E-state index in [1.165, 1.54) is 23.5 Å². The summed E-state index contributed by atoms with van der Waals surface area (Å²) in [6.07, 6.45) is 0. The highest BCUT2D eigenvalue weighted by molar-refractivity contribution is 7.90. The van der Waals surface area contributed by atoms with E-state index in [9.17, 15) is 17.2 Å². The Kier molecular flexibility index (Phi) is 6.02. The van der Waals surface area contributed by atoms with Gasteiger partial charge in [0, 0.05) is 23.2 Å². The predicted molar refractivity (Wildman–Crippen MR) is 125 cm³/mol. The molecule has 0 aliphatic rings. The fourth-order valence-corrected chi connectivity index (χ4v) is 6.86. The Morgan fingerprint density at radius 1 is 1.24 bits per heavy atom. The number of hydrogen-bond donors (Lipinski definition) is 4. The molecule has 174 valence electrons. The third-order valence-electron chi connectivity index (χ3n) is 4.83. The number of para-hydroxylation sites is 1. The number of benzene rings is 2. The number of tetrazole rings is 1. The Morgan fingerprint density at radius 2 is 2.00 bits per heavy atom. The molecule has 6 N–H and O–H groups in total.